The van der Waals surface area contributed by atoms with Crippen LogP contribution in [0.2, 0.25) is 5.02 Å². The van der Waals surface area contributed by atoms with Gasteiger partial charge in [-0.25, -0.2) is 9.82 Å². The Balaban J connectivity index is 2.42. The van der Waals surface area contributed by atoms with Crippen LogP contribution < -0.4 is 11.3 Å². The van der Waals surface area contributed by atoms with Crippen molar-refractivity contribution < 1.29 is 8.81 Å². The molecule has 0 radical (unpaired) electrons. The number of hydrogen-bond acceptors (Lipinski definition) is 3. The Morgan fingerprint density at radius 3 is 2.71 bits per heavy atom. The zero-order valence-electron chi connectivity index (χ0n) is 8.58. The molecule has 0 saturated heterocycles. The van der Waals surface area contributed by atoms with E-state index in [0.717, 1.165) is 4.47 Å². The zero-order chi connectivity index (χ0) is 12.4. The van der Waals surface area contributed by atoms with Gasteiger partial charge >= 0.3 is 0 Å². The lowest BCUT2D eigenvalue weighted by molar-refractivity contribution is 0.448. The molecule has 3 N–H and O–H groups in total. The molecular formula is C11H9BrClFN2O. The first kappa shape index (κ1) is 12.6. The molecule has 17 heavy (non-hydrogen) atoms. The Labute approximate surface area is 111 Å². The first-order valence-corrected chi connectivity index (χ1v) is 5.94. The molecule has 0 aliphatic carbocycles. The number of furan rings is 1. The van der Waals surface area contributed by atoms with Gasteiger partial charge in [0, 0.05) is 0 Å². The maximum Gasteiger partial charge on any atom is 0.142 e. The lowest BCUT2D eigenvalue weighted by atomic mass is 10.1. The van der Waals surface area contributed by atoms with Crippen LogP contribution in [0.25, 0.3) is 0 Å². The first-order chi connectivity index (χ1) is 8.13. The Morgan fingerprint density at radius 1 is 1.41 bits per heavy atom. The van der Waals surface area contributed by atoms with E-state index in [9.17, 15) is 4.39 Å². The van der Waals surface area contributed by atoms with Gasteiger partial charge in [-0.15, -0.1) is 0 Å². The highest BCUT2D eigenvalue weighted by atomic mass is 79.9. The van der Waals surface area contributed by atoms with E-state index in [2.05, 4.69) is 21.4 Å². The van der Waals surface area contributed by atoms with Crippen LogP contribution in [-0.4, -0.2) is 0 Å². The number of benzene rings is 1. The number of nitrogens with one attached hydrogen (secondary N) is 1. The largest absolute Gasteiger partial charge is 0.466 e. The third kappa shape index (κ3) is 2.52. The molecule has 1 atom stereocenters. The average Bonchev–Trinajstić information content (AvgIpc) is 2.71. The number of nitrogens with two attached hydrogens (primary N) is 1. The van der Waals surface area contributed by atoms with Gasteiger partial charge in [0.25, 0.3) is 0 Å². The van der Waals surface area contributed by atoms with Crippen molar-refractivity contribution in [2.24, 2.45) is 5.84 Å². The van der Waals surface area contributed by atoms with Crippen LogP contribution in [0.3, 0.4) is 0 Å². The molecule has 2 aromatic rings. The van der Waals surface area contributed by atoms with Gasteiger partial charge in [-0.1, -0.05) is 17.7 Å². The van der Waals surface area contributed by atoms with Crippen molar-refractivity contribution in [3.8, 4) is 0 Å². The molecule has 0 saturated carbocycles. The topological polar surface area (TPSA) is 51.2 Å². The fourth-order valence-corrected chi connectivity index (χ4v) is 2.07. The Kier molecular flexibility index (Phi) is 3.83. The number of rotatable bonds is 3. The van der Waals surface area contributed by atoms with Gasteiger partial charge in [0.1, 0.15) is 17.6 Å². The van der Waals surface area contributed by atoms with Gasteiger partial charge in [0.15, 0.2) is 0 Å². The molecule has 1 aromatic heterocycles. The summed E-state index contributed by atoms with van der Waals surface area (Å²) < 4.78 is 19.4. The molecular weight excluding hydrogens is 310 g/mol. The van der Waals surface area contributed by atoms with Crippen molar-refractivity contribution in [1.82, 2.24) is 5.43 Å². The summed E-state index contributed by atoms with van der Waals surface area (Å²) in [7, 11) is 0. The van der Waals surface area contributed by atoms with Gasteiger partial charge in [0.2, 0.25) is 0 Å². The van der Waals surface area contributed by atoms with E-state index in [1.165, 1.54) is 18.4 Å². The zero-order valence-corrected chi connectivity index (χ0v) is 10.9. The van der Waals surface area contributed by atoms with E-state index in [0.29, 0.717) is 11.3 Å². The molecule has 0 fully saturated rings. The molecule has 0 aliphatic rings. The van der Waals surface area contributed by atoms with E-state index >= 15 is 0 Å². The molecule has 1 aromatic carbocycles. The molecule has 3 nitrogen and oxygen atoms in total. The molecule has 0 amide bonds. The summed E-state index contributed by atoms with van der Waals surface area (Å²) in [6.07, 6.45) is 1.52. The standard InChI is InChI=1S/C11H9BrClFN2O/c12-7-3-4-17-11(7)10(16-15)6-1-2-8(13)9(14)5-6/h1-5,10,16H,15H2. The van der Waals surface area contributed by atoms with Crippen LogP contribution in [0.4, 0.5) is 4.39 Å². The van der Waals surface area contributed by atoms with Crippen LogP contribution in [0.15, 0.2) is 39.4 Å². The summed E-state index contributed by atoms with van der Waals surface area (Å²) in [6, 6.07) is 5.79. The van der Waals surface area contributed by atoms with Gasteiger partial charge in [-0.3, -0.25) is 5.84 Å². The van der Waals surface area contributed by atoms with Crippen molar-refractivity contribution in [3.05, 3.63) is 57.2 Å². The number of halogens is 3. The SMILES string of the molecule is NNC(c1ccc(Cl)c(F)c1)c1occc1Br. The molecule has 0 aliphatic heterocycles. The minimum Gasteiger partial charge on any atom is -0.466 e. The fourth-order valence-electron chi connectivity index (χ4n) is 1.53. The van der Waals surface area contributed by atoms with Crippen LogP contribution in [0.1, 0.15) is 17.4 Å². The Bertz CT molecular complexity index is 532. The fraction of sp³-hybridized carbons (Fsp3) is 0.0909. The van der Waals surface area contributed by atoms with Gasteiger partial charge in [0.05, 0.1) is 15.8 Å². The quantitative estimate of drug-likeness (QED) is 0.673. The second kappa shape index (κ2) is 5.18. The van der Waals surface area contributed by atoms with E-state index in [-0.39, 0.29) is 5.02 Å². The van der Waals surface area contributed by atoms with E-state index in [1.54, 1.807) is 12.1 Å². The van der Waals surface area contributed by atoms with E-state index in [1.807, 2.05) is 0 Å². The van der Waals surface area contributed by atoms with Crippen LogP contribution in [-0.2, 0) is 0 Å². The smallest absolute Gasteiger partial charge is 0.142 e. The second-order valence-corrected chi connectivity index (χ2v) is 4.67. The number of hydrogen-bond donors (Lipinski definition) is 2. The highest BCUT2D eigenvalue weighted by Gasteiger charge is 2.19. The second-order valence-electron chi connectivity index (χ2n) is 3.41. The predicted molar refractivity (Wildman–Crippen MR) is 67.0 cm³/mol. The summed E-state index contributed by atoms with van der Waals surface area (Å²) in [5.74, 6) is 5.55. The monoisotopic (exact) mass is 318 g/mol. The Morgan fingerprint density at radius 2 is 2.18 bits per heavy atom. The van der Waals surface area contributed by atoms with Gasteiger partial charge in [-0.2, -0.15) is 0 Å². The van der Waals surface area contributed by atoms with Gasteiger partial charge in [-0.05, 0) is 39.7 Å². The third-order valence-electron chi connectivity index (χ3n) is 2.35. The normalized spacial score (nSPS) is 12.7. The van der Waals surface area contributed by atoms with Crippen LogP contribution in [0.5, 0.6) is 0 Å². The molecule has 0 spiro atoms. The van der Waals surface area contributed by atoms with Gasteiger partial charge < -0.3 is 4.42 Å². The minimum atomic E-state index is -0.493. The predicted octanol–water partition coefficient (Wildman–Crippen LogP) is 3.39. The van der Waals surface area contributed by atoms with Crippen LogP contribution >= 0.6 is 27.5 Å². The number of hydrazine groups is 1. The Hall–Kier alpha value is -0.880. The summed E-state index contributed by atoms with van der Waals surface area (Å²) >= 11 is 8.95. The average molecular weight is 320 g/mol. The highest BCUT2D eigenvalue weighted by molar-refractivity contribution is 9.10. The van der Waals surface area contributed by atoms with E-state index in [4.69, 9.17) is 21.9 Å². The minimum absolute atomic E-state index is 0.0723. The van der Waals surface area contributed by atoms with Crippen molar-refractivity contribution in [2.45, 2.75) is 6.04 Å². The molecule has 6 heteroatoms. The van der Waals surface area contributed by atoms with Crippen molar-refractivity contribution in [1.29, 1.82) is 0 Å². The molecule has 1 heterocycles. The van der Waals surface area contributed by atoms with Crippen molar-refractivity contribution in [2.75, 3.05) is 0 Å². The molecule has 0 bridgehead atoms. The summed E-state index contributed by atoms with van der Waals surface area (Å²) in [6.45, 7) is 0. The molecule has 2 rings (SSSR count). The van der Waals surface area contributed by atoms with Crippen molar-refractivity contribution >= 4 is 27.5 Å². The molecule has 1 unspecified atom stereocenters. The molecule has 90 valence electrons. The lowest BCUT2D eigenvalue weighted by Gasteiger charge is -2.14. The third-order valence-corrected chi connectivity index (χ3v) is 3.31. The van der Waals surface area contributed by atoms with Crippen molar-refractivity contribution in [3.63, 3.8) is 0 Å². The van der Waals surface area contributed by atoms with Crippen LogP contribution in [0, 0.1) is 5.82 Å². The maximum absolute atomic E-state index is 13.4. The maximum atomic E-state index is 13.4. The highest BCUT2D eigenvalue weighted by Crippen LogP contribution is 2.30. The summed E-state index contributed by atoms with van der Waals surface area (Å²) in [4.78, 5) is 0. The lowest BCUT2D eigenvalue weighted by Crippen LogP contribution is -2.28. The summed E-state index contributed by atoms with van der Waals surface area (Å²) in [5.41, 5.74) is 3.20. The summed E-state index contributed by atoms with van der Waals surface area (Å²) in [5, 5.41) is 0.0723. The van der Waals surface area contributed by atoms with E-state index < -0.39 is 11.9 Å². The first-order valence-electron chi connectivity index (χ1n) is 4.77.